The maximum atomic E-state index is 12.5. The Hall–Kier alpha value is -3.63. The minimum absolute atomic E-state index is 0.0324. The van der Waals surface area contributed by atoms with E-state index in [9.17, 15) is 24.0 Å². The third kappa shape index (κ3) is 20.6. The van der Waals surface area contributed by atoms with E-state index in [1.165, 1.54) is 7.11 Å². The van der Waals surface area contributed by atoms with Crippen LogP contribution >= 0.6 is 0 Å². The minimum Gasteiger partial charge on any atom is -0.469 e. The van der Waals surface area contributed by atoms with Gasteiger partial charge in [0.25, 0.3) is 0 Å². The number of amides is 4. The number of alkyl carbamates (subject to hydrolysis) is 1. The van der Waals surface area contributed by atoms with Gasteiger partial charge in [-0.2, -0.15) is 0 Å². The highest BCUT2D eigenvalue weighted by Crippen LogP contribution is 2.12. The Bertz CT molecular complexity index is 1070. The highest BCUT2D eigenvalue weighted by atomic mass is 16.5. The van der Waals surface area contributed by atoms with Gasteiger partial charge >= 0.3 is 12.1 Å². The van der Waals surface area contributed by atoms with Crippen molar-refractivity contribution in [2.75, 3.05) is 33.3 Å². The number of rotatable bonds is 26. The smallest absolute Gasteiger partial charge is 0.407 e. The van der Waals surface area contributed by atoms with Gasteiger partial charge < -0.3 is 30.7 Å². The molecule has 1 aromatic rings. The van der Waals surface area contributed by atoms with E-state index in [0.29, 0.717) is 26.2 Å². The molecule has 0 aliphatic heterocycles. The topological polar surface area (TPSA) is 152 Å². The molecule has 0 aromatic heterocycles. The van der Waals surface area contributed by atoms with Gasteiger partial charge in [-0.05, 0) is 56.9 Å². The first-order chi connectivity index (χ1) is 23.0. The number of methoxy groups -OCH3 is 1. The predicted molar refractivity (Wildman–Crippen MR) is 188 cm³/mol. The molecule has 4 amide bonds. The number of benzene rings is 1. The monoisotopic (exact) mass is 674 g/mol. The summed E-state index contributed by atoms with van der Waals surface area (Å²) in [7, 11) is 1.40. The Morgan fingerprint density at radius 2 is 0.917 bits per heavy atom. The van der Waals surface area contributed by atoms with E-state index in [0.717, 1.165) is 82.6 Å². The van der Waals surface area contributed by atoms with Crippen molar-refractivity contribution >= 4 is 29.8 Å². The summed E-state index contributed by atoms with van der Waals surface area (Å²) in [5, 5.41) is 11.7. The minimum atomic E-state index is -0.437. The quantitative estimate of drug-likeness (QED) is 0.0731. The van der Waals surface area contributed by atoms with Gasteiger partial charge in [-0.3, -0.25) is 19.2 Å². The molecular formula is C37H62N4O7. The van der Waals surface area contributed by atoms with Crippen molar-refractivity contribution in [2.45, 2.75) is 111 Å². The molecule has 0 aliphatic carbocycles. The SMILES string of the molecule is COC(=O)[C@@H](C)CCCCNC(=O)[C@@H](C)CCCCNC(=O)[C@@H](C)CCCCNC(=O)[C@@H](C)CCCCNC(=O)OCc1ccccc1. The summed E-state index contributed by atoms with van der Waals surface area (Å²) < 4.78 is 9.92. The summed E-state index contributed by atoms with van der Waals surface area (Å²) >= 11 is 0. The third-order valence-corrected chi connectivity index (χ3v) is 8.58. The molecule has 0 spiro atoms. The zero-order valence-electron chi connectivity index (χ0n) is 30.1. The van der Waals surface area contributed by atoms with Crippen molar-refractivity contribution in [2.24, 2.45) is 23.7 Å². The van der Waals surface area contributed by atoms with Crippen LogP contribution in [0.3, 0.4) is 0 Å². The normalized spacial score (nSPS) is 13.4. The average molecular weight is 675 g/mol. The fourth-order valence-corrected chi connectivity index (χ4v) is 5.14. The van der Waals surface area contributed by atoms with Crippen LogP contribution in [0.1, 0.15) is 110 Å². The van der Waals surface area contributed by atoms with Gasteiger partial charge in [-0.15, -0.1) is 0 Å². The molecule has 4 atom stereocenters. The molecular weight excluding hydrogens is 612 g/mol. The maximum absolute atomic E-state index is 12.5. The van der Waals surface area contributed by atoms with Crippen LogP contribution in [0.2, 0.25) is 0 Å². The Labute approximate surface area is 288 Å². The van der Waals surface area contributed by atoms with Crippen LogP contribution in [-0.4, -0.2) is 63.1 Å². The van der Waals surface area contributed by atoms with Crippen LogP contribution in [0.5, 0.6) is 0 Å². The molecule has 0 fully saturated rings. The third-order valence-electron chi connectivity index (χ3n) is 8.58. The van der Waals surface area contributed by atoms with Gasteiger partial charge in [0.1, 0.15) is 6.61 Å². The van der Waals surface area contributed by atoms with E-state index >= 15 is 0 Å². The number of carbonyl (C=O) groups is 5. The first-order valence-corrected chi connectivity index (χ1v) is 17.9. The maximum Gasteiger partial charge on any atom is 0.407 e. The van der Waals surface area contributed by atoms with E-state index in [-0.39, 0.29) is 54.0 Å². The molecule has 0 saturated carbocycles. The van der Waals surface area contributed by atoms with Gasteiger partial charge in [-0.1, -0.05) is 83.7 Å². The largest absolute Gasteiger partial charge is 0.469 e. The highest BCUT2D eigenvalue weighted by Gasteiger charge is 2.16. The molecule has 0 aliphatic rings. The van der Waals surface area contributed by atoms with Crippen LogP contribution in [0.25, 0.3) is 0 Å². The number of hydrogen-bond acceptors (Lipinski definition) is 7. The number of ether oxygens (including phenoxy) is 2. The highest BCUT2D eigenvalue weighted by molar-refractivity contribution is 5.79. The van der Waals surface area contributed by atoms with Crippen molar-refractivity contribution in [3.63, 3.8) is 0 Å². The van der Waals surface area contributed by atoms with Crippen LogP contribution in [-0.2, 0) is 35.3 Å². The van der Waals surface area contributed by atoms with Crippen molar-refractivity contribution in [1.82, 2.24) is 21.3 Å². The van der Waals surface area contributed by atoms with Gasteiger partial charge in [0.2, 0.25) is 17.7 Å². The van der Waals surface area contributed by atoms with Crippen LogP contribution in [0, 0.1) is 23.7 Å². The summed E-state index contributed by atoms with van der Waals surface area (Å²) in [6.45, 7) is 10.2. The van der Waals surface area contributed by atoms with Crippen LogP contribution in [0.4, 0.5) is 4.79 Å². The number of hydrogen-bond donors (Lipinski definition) is 4. The lowest BCUT2D eigenvalue weighted by atomic mass is 10.0. The Kier molecular flexibility index (Phi) is 23.3. The van der Waals surface area contributed by atoms with Crippen LogP contribution in [0.15, 0.2) is 30.3 Å². The number of carbonyl (C=O) groups excluding carboxylic acids is 5. The summed E-state index contributed by atoms with van der Waals surface area (Å²) in [6.07, 6.45) is 9.23. The molecule has 0 saturated heterocycles. The molecule has 4 N–H and O–H groups in total. The summed E-state index contributed by atoms with van der Waals surface area (Å²) in [5.74, 6) is -0.474. The Morgan fingerprint density at radius 3 is 1.31 bits per heavy atom. The zero-order valence-corrected chi connectivity index (χ0v) is 30.1. The fraction of sp³-hybridized carbons (Fsp3) is 0.703. The van der Waals surface area contributed by atoms with Crippen molar-refractivity contribution < 1.29 is 33.4 Å². The molecule has 1 rings (SSSR count). The summed E-state index contributed by atoms with van der Waals surface area (Å²) in [6, 6.07) is 9.52. The lowest BCUT2D eigenvalue weighted by molar-refractivity contribution is -0.145. The summed E-state index contributed by atoms with van der Waals surface area (Å²) in [4.78, 5) is 60.4. The first kappa shape index (κ1) is 42.4. The van der Waals surface area contributed by atoms with E-state index in [1.807, 2.05) is 58.0 Å². The van der Waals surface area contributed by atoms with Crippen molar-refractivity contribution in [3.8, 4) is 0 Å². The lowest BCUT2D eigenvalue weighted by Gasteiger charge is -2.14. The Morgan fingerprint density at radius 1 is 0.542 bits per heavy atom. The molecule has 1 aromatic carbocycles. The first-order valence-electron chi connectivity index (χ1n) is 17.9. The Balaban J connectivity index is 2.00. The van der Waals surface area contributed by atoms with E-state index < -0.39 is 6.09 Å². The average Bonchev–Trinajstić information content (AvgIpc) is 3.09. The van der Waals surface area contributed by atoms with Gasteiger partial charge in [0.05, 0.1) is 13.0 Å². The molecule has 0 radical (unpaired) electrons. The number of esters is 1. The predicted octanol–water partition coefficient (Wildman–Crippen LogP) is 5.66. The molecule has 11 nitrogen and oxygen atoms in total. The second-order valence-electron chi connectivity index (χ2n) is 13.0. The summed E-state index contributed by atoms with van der Waals surface area (Å²) in [5.41, 5.74) is 0.939. The number of nitrogens with one attached hydrogen (secondary N) is 4. The molecule has 0 unspecified atom stereocenters. The van der Waals surface area contributed by atoms with E-state index in [2.05, 4.69) is 21.3 Å². The second-order valence-corrected chi connectivity index (χ2v) is 13.0. The standard InChI is InChI=1S/C37H62N4O7/c1-28(33(42)38-23-13-10-18-29(2)34(43)40-25-15-12-20-31(4)36(45)47-5)17-9-14-24-39-35(44)30(3)19-11-16-26-41-37(46)48-27-32-21-7-6-8-22-32/h6-8,21-22,28-31H,9-20,23-27H2,1-5H3,(H,38,42)(H,39,44)(H,40,43)(H,41,46)/t28-,29-,30-,31-/m0/s1. The van der Waals surface area contributed by atoms with E-state index in [4.69, 9.17) is 9.47 Å². The van der Waals surface area contributed by atoms with Gasteiger partial charge in [0.15, 0.2) is 0 Å². The van der Waals surface area contributed by atoms with Gasteiger partial charge in [0, 0.05) is 43.9 Å². The van der Waals surface area contributed by atoms with Crippen molar-refractivity contribution in [3.05, 3.63) is 35.9 Å². The van der Waals surface area contributed by atoms with Gasteiger partial charge in [-0.25, -0.2) is 4.79 Å². The fourth-order valence-electron chi connectivity index (χ4n) is 5.14. The lowest BCUT2D eigenvalue weighted by Crippen LogP contribution is -2.31. The van der Waals surface area contributed by atoms with E-state index in [1.54, 1.807) is 0 Å². The molecule has 0 bridgehead atoms. The second kappa shape index (κ2) is 26.3. The van der Waals surface area contributed by atoms with Crippen LogP contribution < -0.4 is 21.3 Å². The van der Waals surface area contributed by atoms with Crippen molar-refractivity contribution in [1.29, 1.82) is 0 Å². The molecule has 48 heavy (non-hydrogen) atoms. The zero-order chi connectivity index (χ0) is 35.6. The number of unbranched alkanes of at least 4 members (excludes halogenated alkanes) is 4. The molecule has 11 heteroatoms. The molecule has 272 valence electrons. The molecule has 0 heterocycles.